The van der Waals surface area contributed by atoms with Gasteiger partial charge in [-0.3, -0.25) is 0 Å². The van der Waals surface area contributed by atoms with Crippen LogP contribution in [0.2, 0.25) is 0 Å². The molecule has 0 amide bonds. The summed E-state index contributed by atoms with van der Waals surface area (Å²) in [6.45, 7) is 0. The summed E-state index contributed by atoms with van der Waals surface area (Å²) in [4.78, 5) is 2.30. The van der Waals surface area contributed by atoms with Crippen LogP contribution in [-0.4, -0.2) is 0 Å². The molecule has 11 rings (SSSR count). The molecule has 0 aliphatic carbocycles. The molecule has 0 fully saturated rings. The molecule has 0 radical (unpaired) electrons. The third-order valence-corrected chi connectivity index (χ3v) is 10.9. The summed E-state index contributed by atoms with van der Waals surface area (Å²) >= 11 is 0. The van der Waals surface area contributed by atoms with Gasteiger partial charge in [0, 0.05) is 39.0 Å². The molecule has 0 unspecified atom stereocenters. The van der Waals surface area contributed by atoms with Crippen molar-refractivity contribution in [1.82, 2.24) is 0 Å². The molecule has 2 heterocycles. The zero-order chi connectivity index (χ0) is 36.3. The number of anilines is 3. The Hall–Kier alpha value is -7.36. The maximum Gasteiger partial charge on any atom is 0.160 e. The van der Waals surface area contributed by atoms with E-state index >= 15 is 0 Å². The fraction of sp³-hybridized carbons (Fsp3) is 0. The molecule has 55 heavy (non-hydrogen) atoms. The maximum absolute atomic E-state index is 6.90. The predicted octanol–water partition coefficient (Wildman–Crippen LogP) is 15.1. The van der Waals surface area contributed by atoms with Crippen molar-refractivity contribution in [2.45, 2.75) is 0 Å². The standard InChI is InChI=1S/C52H33NO2/c1-3-11-34(12-4-1)36-19-21-37(22-20-36)39-25-30-42(31-26-39)53(41-28-23-38(24-29-41)35-13-5-2-6-14-35)45-33-48-51(50-44-17-9-10-18-46(44)55-52(45)50)49-43-16-8-7-15-40(43)27-32-47(49)54-48/h1-33H. The van der Waals surface area contributed by atoms with E-state index in [1.54, 1.807) is 0 Å². The van der Waals surface area contributed by atoms with Crippen LogP contribution in [0.3, 0.4) is 0 Å². The van der Waals surface area contributed by atoms with Crippen molar-refractivity contribution in [3.05, 3.63) is 200 Å². The zero-order valence-corrected chi connectivity index (χ0v) is 29.8. The molecule has 0 aliphatic heterocycles. The number of hydrogen-bond acceptors (Lipinski definition) is 3. The quantitative estimate of drug-likeness (QED) is 0.173. The van der Waals surface area contributed by atoms with Crippen molar-refractivity contribution in [3.8, 4) is 33.4 Å². The highest BCUT2D eigenvalue weighted by atomic mass is 16.3. The molecule has 3 heteroatoms. The first-order valence-corrected chi connectivity index (χ1v) is 18.7. The molecule has 0 saturated heterocycles. The maximum atomic E-state index is 6.90. The van der Waals surface area contributed by atoms with Crippen molar-refractivity contribution < 1.29 is 8.83 Å². The minimum absolute atomic E-state index is 0.817. The summed E-state index contributed by atoms with van der Waals surface area (Å²) in [7, 11) is 0. The average molecular weight is 704 g/mol. The lowest BCUT2D eigenvalue weighted by Gasteiger charge is -2.26. The Morgan fingerprint density at radius 1 is 0.309 bits per heavy atom. The van der Waals surface area contributed by atoms with E-state index in [2.05, 4.69) is 199 Å². The van der Waals surface area contributed by atoms with E-state index in [0.717, 1.165) is 72.1 Å². The molecule has 0 aliphatic rings. The topological polar surface area (TPSA) is 29.5 Å². The monoisotopic (exact) mass is 703 g/mol. The molecule has 0 atom stereocenters. The molecule has 0 bridgehead atoms. The third kappa shape index (κ3) is 5.20. The lowest BCUT2D eigenvalue weighted by molar-refractivity contribution is 0.663. The van der Waals surface area contributed by atoms with Gasteiger partial charge in [-0.2, -0.15) is 0 Å². The van der Waals surface area contributed by atoms with Gasteiger partial charge in [0.15, 0.2) is 5.58 Å². The van der Waals surface area contributed by atoms with Crippen molar-refractivity contribution in [3.63, 3.8) is 0 Å². The van der Waals surface area contributed by atoms with Crippen molar-refractivity contribution in [2.24, 2.45) is 0 Å². The zero-order valence-electron chi connectivity index (χ0n) is 29.8. The number of nitrogens with zero attached hydrogens (tertiary/aromatic N) is 1. The van der Waals surface area contributed by atoms with Gasteiger partial charge in [-0.05, 0) is 80.6 Å². The Bertz CT molecular complexity index is 3160. The van der Waals surface area contributed by atoms with E-state index in [4.69, 9.17) is 8.83 Å². The molecule has 0 N–H and O–H groups in total. The van der Waals surface area contributed by atoms with Crippen molar-refractivity contribution >= 4 is 71.7 Å². The van der Waals surface area contributed by atoms with Crippen LogP contribution in [0, 0.1) is 0 Å². The lowest BCUT2D eigenvalue weighted by atomic mass is 9.99. The molecular formula is C52H33NO2. The molecule has 0 spiro atoms. The minimum atomic E-state index is 0.817. The number of benzene rings is 9. The second-order valence-corrected chi connectivity index (χ2v) is 14.1. The second kappa shape index (κ2) is 12.6. The molecule has 0 saturated carbocycles. The molecule has 3 nitrogen and oxygen atoms in total. The Morgan fingerprint density at radius 2 is 0.800 bits per heavy atom. The van der Waals surface area contributed by atoms with Gasteiger partial charge in [-0.1, -0.05) is 158 Å². The first-order valence-electron chi connectivity index (χ1n) is 18.7. The lowest BCUT2D eigenvalue weighted by Crippen LogP contribution is -2.10. The number of para-hydroxylation sites is 1. The van der Waals surface area contributed by atoms with Gasteiger partial charge in [0.05, 0.1) is 5.69 Å². The third-order valence-electron chi connectivity index (χ3n) is 10.9. The highest BCUT2D eigenvalue weighted by Crippen LogP contribution is 2.49. The minimum Gasteiger partial charge on any atom is -0.456 e. The van der Waals surface area contributed by atoms with E-state index in [-0.39, 0.29) is 0 Å². The SMILES string of the molecule is c1ccc(-c2ccc(-c3ccc(N(c4ccc(-c5ccccc5)cc4)c4cc5oc6ccc7ccccc7c6c5c5c4oc4ccccc45)cc3)cc2)cc1. The van der Waals surface area contributed by atoms with Crippen molar-refractivity contribution in [2.75, 3.05) is 4.90 Å². The summed E-state index contributed by atoms with van der Waals surface area (Å²) in [6, 6.07) is 70.7. The summed E-state index contributed by atoms with van der Waals surface area (Å²) in [5.74, 6) is 0. The van der Waals surface area contributed by atoms with E-state index in [1.165, 1.54) is 33.0 Å². The summed E-state index contributed by atoms with van der Waals surface area (Å²) in [5, 5.41) is 6.64. The Morgan fingerprint density at radius 3 is 1.40 bits per heavy atom. The van der Waals surface area contributed by atoms with Crippen LogP contribution in [0.15, 0.2) is 209 Å². The van der Waals surface area contributed by atoms with E-state index in [9.17, 15) is 0 Å². The number of furan rings is 2. The summed E-state index contributed by atoms with van der Waals surface area (Å²) in [6.07, 6.45) is 0. The van der Waals surface area contributed by atoms with Crippen LogP contribution in [0.25, 0.3) is 88.0 Å². The van der Waals surface area contributed by atoms with Gasteiger partial charge in [0.25, 0.3) is 0 Å². The first kappa shape index (κ1) is 31.2. The fourth-order valence-corrected chi connectivity index (χ4v) is 8.22. The van der Waals surface area contributed by atoms with E-state index < -0.39 is 0 Å². The smallest absolute Gasteiger partial charge is 0.160 e. The first-order chi connectivity index (χ1) is 27.3. The largest absolute Gasteiger partial charge is 0.456 e. The van der Waals surface area contributed by atoms with Crippen LogP contribution < -0.4 is 4.90 Å². The van der Waals surface area contributed by atoms with Gasteiger partial charge >= 0.3 is 0 Å². The van der Waals surface area contributed by atoms with Gasteiger partial charge < -0.3 is 13.7 Å². The van der Waals surface area contributed by atoms with E-state index in [0.29, 0.717) is 0 Å². The Labute approximate surface area is 317 Å². The molecule has 9 aromatic carbocycles. The van der Waals surface area contributed by atoms with Crippen LogP contribution in [0.5, 0.6) is 0 Å². The number of fused-ring (bicyclic) bond motifs is 9. The Balaban J connectivity index is 1.12. The number of rotatable bonds is 6. The molecule has 11 aromatic rings. The highest BCUT2D eigenvalue weighted by molar-refractivity contribution is 6.32. The van der Waals surface area contributed by atoms with Crippen molar-refractivity contribution in [1.29, 1.82) is 0 Å². The molecule has 258 valence electrons. The fourth-order valence-electron chi connectivity index (χ4n) is 8.22. The Kier molecular flexibility index (Phi) is 7.17. The van der Waals surface area contributed by atoms with Gasteiger partial charge in [-0.25, -0.2) is 0 Å². The van der Waals surface area contributed by atoms with Crippen LogP contribution in [0.4, 0.5) is 17.1 Å². The van der Waals surface area contributed by atoms with Crippen LogP contribution >= 0.6 is 0 Å². The predicted molar refractivity (Wildman–Crippen MR) is 229 cm³/mol. The average Bonchev–Trinajstić information content (AvgIpc) is 3.84. The second-order valence-electron chi connectivity index (χ2n) is 14.1. The normalized spacial score (nSPS) is 11.6. The molecule has 2 aromatic heterocycles. The van der Waals surface area contributed by atoms with Crippen LogP contribution in [0.1, 0.15) is 0 Å². The number of hydrogen-bond donors (Lipinski definition) is 0. The highest BCUT2D eigenvalue weighted by Gasteiger charge is 2.25. The van der Waals surface area contributed by atoms with Gasteiger partial charge in [0.1, 0.15) is 16.7 Å². The summed E-state index contributed by atoms with van der Waals surface area (Å²) in [5.41, 5.74) is 13.4. The summed E-state index contributed by atoms with van der Waals surface area (Å²) < 4.78 is 13.7. The van der Waals surface area contributed by atoms with Crippen LogP contribution in [-0.2, 0) is 0 Å². The molecular weight excluding hydrogens is 671 g/mol. The van der Waals surface area contributed by atoms with E-state index in [1.807, 2.05) is 6.07 Å². The van der Waals surface area contributed by atoms with Gasteiger partial charge in [-0.15, -0.1) is 0 Å². The van der Waals surface area contributed by atoms with Gasteiger partial charge in [0.2, 0.25) is 0 Å².